The molecule has 258 valence electrons. The molecule has 3 heteroatoms. The Hall–Kier alpha value is -7.23. The molecule has 0 fully saturated rings. The molecule has 9 aromatic rings. The third-order valence-electron chi connectivity index (χ3n) is 11.2. The number of nitrogens with zero attached hydrogens (tertiary/aromatic N) is 1. The molecule has 1 aliphatic carbocycles. The van der Waals surface area contributed by atoms with Crippen molar-refractivity contribution in [1.82, 2.24) is 4.98 Å². The van der Waals surface area contributed by atoms with E-state index < -0.39 is 5.41 Å². The highest BCUT2D eigenvalue weighted by atomic mass is 16.6. The molecule has 0 amide bonds. The fourth-order valence-corrected chi connectivity index (χ4v) is 8.79. The van der Waals surface area contributed by atoms with Gasteiger partial charge >= 0.3 is 0 Å². The van der Waals surface area contributed by atoms with Gasteiger partial charge in [0, 0.05) is 16.7 Å². The van der Waals surface area contributed by atoms with Crippen LogP contribution in [0.4, 0.5) is 0 Å². The van der Waals surface area contributed by atoms with E-state index in [2.05, 4.69) is 188 Å². The molecule has 0 saturated carbocycles. The number of hydrogen-bond acceptors (Lipinski definition) is 3. The van der Waals surface area contributed by atoms with Crippen LogP contribution in [0.5, 0.6) is 23.0 Å². The van der Waals surface area contributed by atoms with Gasteiger partial charge in [0.25, 0.3) is 0 Å². The summed E-state index contributed by atoms with van der Waals surface area (Å²) in [7, 11) is 0. The van der Waals surface area contributed by atoms with Crippen LogP contribution in [-0.4, -0.2) is 4.98 Å². The van der Waals surface area contributed by atoms with Crippen molar-refractivity contribution in [3.63, 3.8) is 0 Å². The predicted octanol–water partition coefficient (Wildman–Crippen LogP) is 13.5. The SMILES string of the molecule is c1ccc(-c2cc(-c3cccc4ccccc34)cc(-c3ccc4c(c3)Oc3c(ccc5c3-c3ccccc3C5(c3ccccc3)c3ccccc3)O4)n2)cc1. The van der Waals surface area contributed by atoms with Crippen molar-refractivity contribution in [2.24, 2.45) is 0 Å². The Morgan fingerprint density at radius 1 is 0.382 bits per heavy atom. The maximum Gasteiger partial charge on any atom is 0.178 e. The summed E-state index contributed by atoms with van der Waals surface area (Å²) in [5, 5.41) is 2.41. The van der Waals surface area contributed by atoms with Gasteiger partial charge in [-0.25, -0.2) is 4.98 Å². The maximum absolute atomic E-state index is 7.04. The third kappa shape index (κ3) is 4.87. The minimum absolute atomic E-state index is 0.533. The molecule has 0 spiro atoms. The Kier molecular flexibility index (Phi) is 7.08. The van der Waals surface area contributed by atoms with Gasteiger partial charge in [-0.15, -0.1) is 0 Å². The van der Waals surface area contributed by atoms with Crippen LogP contribution in [0.3, 0.4) is 0 Å². The molecule has 8 aromatic carbocycles. The predicted molar refractivity (Wildman–Crippen MR) is 222 cm³/mol. The van der Waals surface area contributed by atoms with Gasteiger partial charge in [0.05, 0.1) is 16.8 Å². The first-order chi connectivity index (χ1) is 27.3. The largest absolute Gasteiger partial charge is 0.449 e. The van der Waals surface area contributed by atoms with Crippen molar-refractivity contribution < 1.29 is 9.47 Å². The number of hydrogen-bond donors (Lipinski definition) is 0. The Balaban J connectivity index is 1.08. The number of rotatable bonds is 5. The lowest BCUT2D eigenvalue weighted by molar-refractivity contribution is 0.360. The topological polar surface area (TPSA) is 31.4 Å². The van der Waals surface area contributed by atoms with Crippen LogP contribution in [0.15, 0.2) is 200 Å². The summed E-state index contributed by atoms with van der Waals surface area (Å²) in [5.41, 5.74) is 12.5. The lowest BCUT2D eigenvalue weighted by Crippen LogP contribution is -2.28. The molecule has 0 radical (unpaired) electrons. The molecule has 0 bridgehead atoms. The Labute approximate surface area is 319 Å². The molecule has 11 rings (SSSR count). The van der Waals surface area contributed by atoms with E-state index in [0.29, 0.717) is 17.2 Å². The second kappa shape index (κ2) is 12.4. The van der Waals surface area contributed by atoms with Gasteiger partial charge in [-0.05, 0) is 86.1 Å². The molecule has 0 atom stereocenters. The number of pyridine rings is 1. The second-order valence-electron chi connectivity index (χ2n) is 14.2. The van der Waals surface area contributed by atoms with E-state index in [9.17, 15) is 0 Å². The standard InChI is InChI=1S/C52H33NO2/c1-4-16-35(17-5-1)45-31-37(41-25-14-18-34-15-10-11-23-40(34)41)32-46(53-45)36-27-29-47-49(33-36)55-51-48(54-47)30-28-44-50(51)42-24-12-13-26-43(42)52(44,38-19-6-2-7-20-38)39-21-8-3-9-22-39/h1-33H. The van der Waals surface area contributed by atoms with Crippen molar-refractivity contribution in [3.8, 4) is 67.8 Å². The van der Waals surface area contributed by atoms with E-state index in [1.54, 1.807) is 0 Å². The van der Waals surface area contributed by atoms with Crippen molar-refractivity contribution >= 4 is 10.8 Å². The molecular weight excluding hydrogens is 671 g/mol. The summed E-state index contributed by atoms with van der Waals surface area (Å²) < 4.78 is 13.7. The summed E-state index contributed by atoms with van der Waals surface area (Å²) in [6.07, 6.45) is 0. The molecule has 0 unspecified atom stereocenters. The molecule has 3 nitrogen and oxygen atoms in total. The fraction of sp³-hybridized carbons (Fsp3) is 0.0192. The first kappa shape index (κ1) is 31.3. The van der Waals surface area contributed by atoms with Gasteiger partial charge in [-0.2, -0.15) is 0 Å². The zero-order valence-electron chi connectivity index (χ0n) is 29.8. The van der Waals surface area contributed by atoms with Crippen LogP contribution in [0.2, 0.25) is 0 Å². The third-order valence-corrected chi connectivity index (χ3v) is 11.2. The van der Waals surface area contributed by atoms with Crippen LogP contribution >= 0.6 is 0 Å². The van der Waals surface area contributed by atoms with E-state index in [1.807, 2.05) is 12.1 Å². The van der Waals surface area contributed by atoms with E-state index >= 15 is 0 Å². The Bertz CT molecular complexity index is 2870. The molecule has 2 aliphatic rings. The highest BCUT2D eigenvalue weighted by Crippen LogP contribution is 2.62. The summed E-state index contributed by atoms with van der Waals surface area (Å²) >= 11 is 0. The van der Waals surface area contributed by atoms with Crippen molar-refractivity contribution in [3.05, 3.63) is 222 Å². The van der Waals surface area contributed by atoms with Crippen LogP contribution in [-0.2, 0) is 5.41 Å². The summed E-state index contributed by atoms with van der Waals surface area (Å²) in [6, 6.07) is 70.6. The number of aromatic nitrogens is 1. The lowest BCUT2D eigenvalue weighted by atomic mass is 9.68. The van der Waals surface area contributed by atoms with Crippen molar-refractivity contribution in [1.29, 1.82) is 0 Å². The molecule has 1 aliphatic heterocycles. The quantitative estimate of drug-likeness (QED) is 0.179. The fourth-order valence-electron chi connectivity index (χ4n) is 8.79. The van der Waals surface area contributed by atoms with E-state index in [1.165, 1.54) is 38.6 Å². The maximum atomic E-state index is 7.04. The minimum Gasteiger partial charge on any atom is -0.449 e. The van der Waals surface area contributed by atoms with E-state index in [0.717, 1.165) is 45.0 Å². The highest BCUT2D eigenvalue weighted by Gasteiger charge is 2.48. The van der Waals surface area contributed by atoms with Gasteiger partial charge in [0.2, 0.25) is 0 Å². The van der Waals surface area contributed by atoms with Gasteiger partial charge in [-0.3, -0.25) is 0 Å². The summed E-state index contributed by atoms with van der Waals surface area (Å²) in [5.74, 6) is 2.76. The van der Waals surface area contributed by atoms with Gasteiger partial charge in [0.15, 0.2) is 23.0 Å². The zero-order chi connectivity index (χ0) is 36.3. The molecule has 1 aromatic heterocycles. The van der Waals surface area contributed by atoms with Gasteiger partial charge in [-0.1, -0.05) is 164 Å². The average molecular weight is 704 g/mol. The zero-order valence-corrected chi connectivity index (χ0v) is 29.8. The first-order valence-corrected chi connectivity index (χ1v) is 18.7. The van der Waals surface area contributed by atoms with Crippen molar-refractivity contribution in [2.75, 3.05) is 0 Å². The van der Waals surface area contributed by atoms with Gasteiger partial charge in [0.1, 0.15) is 0 Å². The van der Waals surface area contributed by atoms with Crippen LogP contribution in [0.25, 0.3) is 55.5 Å². The molecular formula is C52H33NO2. The highest BCUT2D eigenvalue weighted by molar-refractivity contribution is 5.98. The van der Waals surface area contributed by atoms with Crippen LogP contribution in [0, 0.1) is 0 Å². The Morgan fingerprint density at radius 3 is 1.78 bits per heavy atom. The smallest absolute Gasteiger partial charge is 0.178 e. The van der Waals surface area contributed by atoms with E-state index in [-0.39, 0.29) is 0 Å². The molecule has 2 heterocycles. The second-order valence-corrected chi connectivity index (χ2v) is 14.2. The Morgan fingerprint density at radius 2 is 1.00 bits per heavy atom. The van der Waals surface area contributed by atoms with Crippen molar-refractivity contribution in [2.45, 2.75) is 5.41 Å². The lowest BCUT2D eigenvalue weighted by Gasteiger charge is -2.34. The minimum atomic E-state index is -0.533. The summed E-state index contributed by atoms with van der Waals surface area (Å²) in [4.78, 5) is 5.25. The average Bonchev–Trinajstić information content (AvgIpc) is 3.57. The van der Waals surface area contributed by atoms with E-state index in [4.69, 9.17) is 14.5 Å². The normalized spacial score (nSPS) is 13.2. The summed E-state index contributed by atoms with van der Waals surface area (Å²) in [6.45, 7) is 0. The first-order valence-electron chi connectivity index (χ1n) is 18.7. The monoisotopic (exact) mass is 703 g/mol. The van der Waals surface area contributed by atoms with Crippen LogP contribution in [0.1, 0.15) is 22.3 Å². The molecule has 0 saturated heterocycles. The molecule has 55 heavy (non-hydrogen) atoms. The van der Waals surface area contributed by atoms with Crippen LogP contribution < -0.4 is 9.47 Å². The molecule has 0 N–H and O–H groups in total. The number of fused-ring (bicyclic) bond motifs is 7. The number of ether oxygens (including phenoxy) is 2. The number of benzene rings is 8. The van der Waals surface area contributed by atoms with Gasteiger partial charge < -0.3 is 9.47 Å².